The highest BCUT2D eigenvalue weighted by molar-refractivity contribution is 6.30. The van der Waals surface area contributed by atoms with Gasteiger partial charge in [-0.05, 0) is 43.1 Å². The van der Waals surface area contributed by atoms with E-state index in [2.05, 4.69) is 42.5 Å². The quantitative estimate of drug-likeness (QED) is 0.882. The summed E-state index contributed by atoms with van der Waals surface area (Å²) >= 11 is 5.94. The average molecular weight is 292 g/mol. The molecular formula is C16H22ClN3. The number of aryl methyl sites for hydroxylation is 2. The predicted molar refractivity (Wildman–Crippen MR) is 84.2 cm³/mol. The van der Waals surface area contributed by atoms with Gasteiger partial charge in [-0.3, -0.25) is 4.68 Å². The standard InChI is InChI=1S/C16H22ClN3/c1-4-14-11-16(20(3)19-14)15(18-5-2)10-12-6-8-13(17)9-7-12/h6-9,11,15,18H,4-5,10H2,1-3H3. The van der Waals surface area contributed by atoms with Crippen LogP contribution >= 0.6 is 11.6 Å². The van der Waals surface area contributed by atoms with Gasteiger partial charge in [-0.2, -0.15) is 5.10 Å². The summed E-state index contributed by atoms with van der Waals surface area (Å²) in [5.41, 5.74) is 3.65. The van der Waals surface area contributed by atoms with Crippen LogP contribution < -0.4 is 5.32 Å². The summed E-state index contributed by atoms with van der Waals surface area (Å²) in [4.78, 5) is 0. The number of likely N-dealkylation sites (N-methyl/N-ethyl adjacent to an activating group) is 1. The Morgan fingerprint density at radius 1 is 1.25 bits per heavy atom. The van der Waals surface area contributed by atoms with Crippen molar-refractivity contribution in [2.24, 2.45) is 7.05 Å². The van der Waals surface area contributed by atoms with Crippen molar-refractivity contribution in [3.8, 4) is 0 Å². The maximum absolute atomic E-state index is 5.94. The largest absolute Gasteiger partial charge is 0.309 e. The van der Waals surface area contributed by atoms with Crippen LogP contribution in [0, 0.1) is 0 Å². The molecule has 0 saturated carbocycles. The van der Waals surface area contributed by atoms with E-state index >= 15 is 0 Å². The monoisotopic (exact) mass is 291 g/mol. The molecule has 0 amide bonds. The molecule has 0 saturated heterocycles. The normalized spacial score (nSPS) is 12.6. The molecule has 1 aromatic heterocycles. The minimum Gasteiger partial charge on any atom is -0.309 e. The molecule has 1 aromatic carbocycles. The zero-order chi connectivity index (χ0) is 14.5. The van der Waals surface area contributed by atoms with Crippen LogP contribution in [0.3, 0.4) is 0 Å². The summed E-state index contributed by atoms with van der Waals surface area (Å²) < 4.78 is 1.99. The van der Waals surface area contributed by atoms with Crippen molar-refractivity contribution in [3.05, 3.63) is 52.3 Å². The first-order chi connectivity index (χ1) is 9.63. The Hall–Kier alpha value is -1.32. The van der Waals surface area contributed by atoms with Crippen molar-refractivity contribution in [2.75, 3.05) is 6.54 Å². The van der Waals surface area contributed by atoms with E-state index < -0.39 is 0 Å². The number of aromatic nitrogens is 2. The number of hydrogen-bond acceptors (Lipinski definition) is 2. The Morgan fingerprint density at radius 2 is 1.95 bits per heavy atom. The average Bonchev–Trinajstić information content (AvgIpc) is 2.82. The van der Waals surface area contributed by atoms with Gasteiger partial charge in [0.05, 0.1) is 17.4 Å². The summed E-state index contributed by atoms with van der Waals surface area (Å²) in [6, 6.07) is 10.5. The van der Waals surface area contributed by atoms with Crippen molar-refractivity contribution < 1.29 is 0 Å². The third kappa shape index (κ3) is 3.62. The molecule has 0 radical (unpaired) electrons. The van der Waals surface area contributed by atoms with Crippen molar-refractivity contribution in [2.45, 2.75) is 32.7 Å². The van der Waals surface area contributed by atoms with Gasteiger partial charge in [-0.1, -0.05) is 37.6 Å². The first-order valence-corrected chi connectivity index (χ1v) is 7.52. The number of benzene rings is 1. The van der Waals surface area contributed by atoms with Crippen molar-refractivity contribution >= 4 is 11.6 Å². The van der Waals surface area contributed by atoms with Crippen LogP contribution in [0.4, 0.5) is 0 Å². The van der Waals surface area contributed by atoms with Gasteiger partial charge >= 0.3 is 0 Å². The lowest BCUT2D eigenvalue weighted by molar-refractivity contribution is 0.507. The lowest BCUT2D eigenvalue weighted by Crippen LogP contribution is -2.25. The van der Waals surface area contributed by atoms with E-state index in [9.17, 15) is 0 Å². The number of hydrogen-bond donors (Lipinski definition) is 1. The second kappa shape index (κ2) is 6.91. The minimum atomic E-state index is 0.277. The van der Waals surface area contributed by atoms with Crippen molar-refractivity contribution in [3.63, 3.8) is 0 Å². The van der Waals surface area contributed by atoms with Gasteiger partial charge in [0.25, 0.3) is 0 Å². The van der Waals surface area contributed by atoms with Gasteiger partial charge in [-0.25, -0.2) is 0 Å². The highest BCUT2D eigenvalue weighted by atomic mass is 35.5. The summed E-state index contributed by atoms with van der Waals surface area (Å²) in [5, 5.41) is 8.87. The van der Waals surface area contributed by atoms with E-state index in [1.165, 1.54) is 11.3 Å². The molecule has 108 valence electrons. The van der Waals surface area contributed by atoms with Crippen molar-refractivity contribution in [1.82, 2.24) is 15.1 Å². The van der Waals surface area contributed by atoms with Gasteiger partial charge in [0.15, 0.2) is 0 Å². The van der Waals surface area contributed by atoms with Gasteiger partial charge < -0.3 is 5.32 Å². The molecule has 4 heteroatoms. The van der Waals surface area contributed by atoms with Crippen LogP contribution in [0.1, 0.15) is 36.8 Å². The maximum Gasteiger partial charge on any atom is 0.0625 e. The Morgan fingerprint density at radius 3 is 2.50 bits per heavy atom. The van der Waals surface area contributed by atoms with Gasteiger partial charge in [0.1, 0.15) is 0 Å². The summed E-state index contributed by atoms with van der Waals surface area (Å²) in [6.45, 7) is 5.20. The summed E-state index contributed by atoms with van der Waals surface area (Å²) in [7, 11) is 2.01. The molecule has 2 aromatic rings. The molecular weight excluding hydrogens is 270 g/mol. The lowest BCUT2D eigenvalue weighted by Gasteiger charge is -2.18. The molecule has 1 N–H and O–H groups in total. The number of rotatable bonds is 6. The van der Waals surface area contributed by atoms with Gasteiger partial charge in [0.2, 0.25) is 0 Å². The summed E-state index contributed by atoms with van der Waals surface area (Å²) in [6.07, 6.45) is 1.90. The number of nitrogens with one attached hydrogen (secondary N) is 1. The SMILES string of the molecule is CCNC(Cc1ccc(Cl)cc1)c1cc(CC)nn1C. The Bertz CT molecular complexity index is 545. The molecule has 0 aliphatic rings. The third-order valence-corrected chi connectivity index (χ3v) is 3.74. The molecule has 0 fully saturated rings. The van der Waals surface area contributed by atoms with E-state index in [1.54, 1.807) is 0 Å². The molecule has 0 bridgehead atoms. The van der Waals surface area contributed by atoms with Crippen LogP contribution in [-0.4, -0.2) is 16.3 Å². The lowest BCUT2D eigenvalue weighted by atomic mass is 10.0. The van der Waals surface area contributed by atoms with Crippen LogP contribution in [0.2, 0.25) is 5.02 Å². The Balaban J connectivity index is 2.21. The highest BCUT2D eigenvalue weighted by Gasteiger charge is 2.16. The molecule has 1 unspecified atom stereocenters. The second-order valence-electron chi connectivity index (χ2n) is 4.98. The van der Waals surface area contributed by atoms with Crippen LogP contribution in [0.25, 0.3) is 0 Å². The van der Waals surface area contributed by atoms with Gasteiger partial charge in [-0.15, -0.1) is 0 Å². The second-order valence-corrected chi connectivity index (χ2v) is 5.41. The number of nitrogens with zero attached hydrogens (tertiary/aromatic N) is 2. The smallest absolute Gasteiger partial charge is 0.0625 e. The fourth-order valence-corrected chi connectivity index (χ4v) is 2.55. The first-order valence-electron chi connectivity index (χ1n) is 7.14. The van der Waals surface area contributed by atoms with E-state index in [0.717, 1.165) is 30.1 Å². The topological polar surface area (TPSA) is 29.9 Å². The molecule has 1 atom stereocenters. The predicted octanol–water partition coefficient (Wildman–Crippen LogP) is 3.53. The fourth-order valence-electron chi connectivity index (χ4n) is 2.43. The van der Waals surface area contributed by atoms with E-state index in [-0.39, 0.29) is 6.04 Å². The highest BCUT2D eigenvalue weighted by Crippen LogP contribution is 2.20. The fraction of sp³-hybridized carbons (Fsp3) is 0.438. The third-order valence-electron chi connectivity index (χ3n) is 3.49. The first kappa shape index (κ1) is 15.1. The van der Waals surface area contributed by atoms with Crippen LogP contribution in [-0.2, 0) is 19.9 Å². The minimum absolute atomic E-state index is 0.277. The Kier molecular flexibility index (Phi) is 5.21. The van der Waals surface area contributed by atoms with E-state index in [0.29, 0.717) is 0 Å². The molecule has 20 heavy (non-hydrogen) atoms. The van der Waals surface area contributed by atoms with E-state index in [1.807, 2.05) is 23.9 Å². The van der Waals surface area contributed by atoms with Crippen LogP contribution in [0.15, 0.2) is 30.3 Å². The summed E-state index contributed by atoms with van der Waals surface area (Å²) in [5.74, 6) is 0. The molecule has 0 aliphatic heterocycles. The number of halogens is 1. The Labute approximate surface area is 126 Å². The van der Waals surface area contributed by atoms with Crippen molar-refractivity contribution in [1.29, 1.82) is 0 Å². The molecule has 2 rings (SSSR count). The molecule has 3 nitrogen and oxygen atoms in total. The zero-order valence-electron chi connectivity index (χ0n) is 12.4. The molecule has 0 aliphatic carbocycles. The van der Waals surface area contributed by atoms with E-state index in [4.69, 9.17) is 11.6 Å². The molecule has 0 spiro atoms. The van der Waals surface area contributed by atoms with Gasteiger partial charge in [0, 0.05) is 12.1 Å². The van der Waals surface area contributed by atoms with Crippen LogP contribution in [0.5, 0.6) is 0 Å². The molecule has 1 heterocycles. The maximum atomic E-state index is 5.94. The zero-order valence-corrected chi connectivity index (χ0v) is 13.1.